The average molecular weight is 295 g/mol. The van der Waals surface area contributed by atoms with Gasteiger partial charge in [-0.05, 0) is 42.5 Å². The number of fused-ring (bicyclic) bond motifs is 1. The number of phenolic OH excluding ortho intramolecular Hbond substituents is 1. The fourth-order valence-corrected chi connectivity index (χ4v) is 5.57. The Morgan fingerprint density at radius 3 is 3.11 bits per heavy atom. The van der Waals surface area contributed by atoms with E-state index in [1.165, 1.54) is 41.2 Å². The molecule has 2 aliphatic rings. The number of phenols is 1. The van der Waals surface area contributed by atoms with Crippen LogP contribution in [0.5, 0.6) is 5.75 Å². The summed E-state index contributed by atoms with van der Waals surface area (Å²) in [5, 5.41) is 14.1. The monoisotopic (exact) mass is 295 g/mol. The number of aryl methyl sites for hydroxylation is 1. The van der Waals surface area contributed by atoms with Crippen molar-refractivity contribution in [2.24, 2.45) is 0 Å². The fourth-order valence-electron chi connectivity index (χ4n) is 2.94. The van der Waals surface area contributed by atoms with Crippen molar-refractivity contribution in [2.45, 2.75) is 30.6 Å². The van der Waals surface area contributed by atoms with Gasteiger partial charge < -0.3 is 10.4 Å². The molecule has 2 unspecified atom stereocenters. The van der Waals surface area contributed by atoms with Gasteiger partial charge in [0.2, 0.25) is 0 Å². The quantitative estimate of drug-likeness (QED) is 0.897. The number of hydrogen-bond acceptors (Lipinski definition) is 4. The van der Waals surface area contributed by atoms with Crippen LogP contribution >= 0.6 is 23.5 Å². The molecule has 0 radical (unpaired) electrons. The molecular weight excluding hydrogens is 274 g/mol. The van der Waals surface area contributed by atoms with Crippen molar-refractivity contribution >= 4 is 23.5 Å². The third kappa shape index (κ3) is 3.41. The second-order valence-electron chi connectivity index (χ2n) is 5.30. The zero-order valence-corrected chi connectivity index (χ0v) is 12.7. The van der Waals surface area contributed by atoms with Crippen LogP contribution in [-0.4, -0.2) is 34.2 Å². The van der Waals surface area contributed by atoms with Crippen molar-refractivity contribution in [2.75, 3.05) is 23.8 Å². The normalized spacial score (nSPS) is 26.9. The molecule has 2 N–H and O–H groups in total. The minimum absolute atomic E-state index is 0.402. The van der Waals surface area contributed by atoms with Crippen LogP contribution in [0.1, 0.15) is 30.0 Å². The standard InChI is InChI=1S/C15H21NOS2/c17-12-4-5-14-11(8-12)2-1-3-15(14)16-9-13-10-18-6-7-19-13/h4-5,8,13,15-17H,1-3,6-7,9-10H2. The molecule has 0 spiro atoms. The summed E-state index contributed by atoms with van der Waals surface area (Å²) in [6.45, 7) is 1.11. The first-order valence-electron chi connectivity index (χ1n) is 7.07. The highest BCUT2D eigenvalue weighted by atomic mass is 32.2. The molecule has 1 aromatic rings. The summed E-state index contributed by atoms with van der Waals surface area (Å²) in [7, 11) is 0. The van der Waals surface area contributed by atoms with Crippen molar-refractivity contribution in [3.63, 3.8) is 0 Å². The smallest absolute Gasteiger partial charge is 0.115 e. The first-order valence-corrected chi connectivity index (χ1v) is 9.28. The Morgan fingerprint density at radius 1 is 1.32 bits per heavy atom. The SMILES string of the molecule is Oc1ccc2c(c1)CCCC2NCC1CSCCS1. The van der Waals surface area contributed by atoms with Crippen LogP contribution in [-0.2, 0) is 6.42 Å². The Kier molecular flexibility index (Phi) is 4.61. The van der Waals surface area contributed by atoms with E-state index in [9.17, 15) is 5.11 Å². The summed E-state index contributed by atoms with van der Waals surface area (Å²) in [4.78, 5) is 0. The molecule has 1 heterocycles. The van der Waals surface area contributed by atoms with E-state index in [-0.39, 0.29) is 0 Å². The molecule has 2 nitrogen and oxygen atoms in total. The van der Waals surface area contributed by atoms with Gasteiger partial charge in [0.15, 0.2) is 0 Å². The summed E-state index contributed by atoms with van der Waals surface area (Å²) in [5.74, 6) is 4.30. The van der Waals surface area contributed by atoms with E-state index in [2.05, 4.69) is 34.9 Å². The molecule has 104 valence electrons. The maximum absolute atomic E-state index is 9.58. The van der Waals surface area contributed by atoms with Crippen LogP contribution in [0.3, 0.4) is 0 Å². The summed E-state index contributed by atoms with van der Waals surface area (Å²) in [5.41, 5.74) is 2.73. The second kappa shape index (κ2) is 6.42. The third-order valence-corrected chi connectivity index (χ3v) is 6.76. The Labute approximate surface area is 123 Å². The molecule has 0 aromatic heterocycles. The topological polar surface area (TPSA) is 32.3 Å². The van der Waals surface area contributed by atoms with Crippen molar-refractivity contribution in [1.82, 2.24) is 5.32 Å². The number of thioether (sulfide) groups is 2. The first kappa shape index (κ1) is 13.7. The molecule has 19 heavy (non-hydrogen) atoms. The van der Waals surface area contributed by atoms with Gasteiger partial charge in [0.05, 0.1) is 0 Å². The lowest BCUT2D eigenvalue weighted by molar-refractivity contribution is 0.452. The van der Waals surface area contributed by atoms with E-state index in [0.29, 0.717) is 11.8 Å². The van der Waals surface area contributed by atoms with Gasteiger partial charge in [0, 0.05) is 35.1 Å². The Morgan fingerprint density at radius 2 is 2.26 bits per heavy atom. The van der Waals surface area contributed by atoms with Gasteiger partial charge in [-0.2, -0.15) is 23.5 Å². The molecule has 1 aliphatic heterocycles. The van der Waals surface area contributed by atoms with Gasteiger partial charge >= 0.3 is 0 Å². The minimum atomic E-state index is 0.402. The lowest BCUT2D eigenvalue weighted by atomic mass is 9.87. The fraction of sp³-hybridized carbons (Fsp3) is 0.600. The predicted octanol–water partition coefficient (Wildman–Crippen LogP) is 3.21. The van der Waals surface area contributed by atoms with Gasteiger partial charge in [0.25, 0.3) is 0 Å². The van der Waals surface area contributed by atoms with Crippen LogP contribution in [0.25, 0.3) is 0 Å². The summed E-state index contributed by atoms with van der Waals surface area (Å²) in [6, 6.07) is 6.35. The Balaban J connectivity index is 1.63. The Bertz CT molecular complexity index is 432. The van der Waals surface area contributed by atoms with Crippen LogP contribution in [0.4, 0.5) is 0 Å². The number of aromatic hydroxyl groups is 1. The van der Waals surface area contributed by atoms with Crippen LogP contribution in [0, 0.1) is 0 Å². The molecule has 0 amide bonds. The lowest BCUT2D eigenvalue weighted by Gasteiger charge is -2.29. The second-order valence-corrected chi connectivity index (χ2v) is 7.86. The summed E-state index contributed by atoms with van der Waals surface area (Å²) >= 11 is 4.20. The molecule has 0 bridgehead atoms. The maximum atomic E-state index is 9.58. The largest absolute Gasteiger partial charge is 0.508 e. The third-order valence-electron chi connectivity index (χ3n) is 3.92. The van der Waals surface area contributed by atoms with Gasteiger partial charge in [0.1, 0.15) is 5.75 Å². The zero-order valence-electron chi connectivity index (χ0n) is 11.1. The highest BCUT2D eigenvalue weighted by molar-refractivity contribution is 8.06. The van der Waals surface area contributed by atoms with Crippen molar-refractivity contribution < 1.29 is 5.11 Å². The van der Waals surface area contributed by atoms with E-state index in [4.69, 9.17) is 0 Å². The molecule has 1 aliphatic carbocycles. The van der Waals surface area contributed by atoms with Gasteiger partial charge in [-0.25, -0.2) is 0 Å². The predicted molar refractivity (Wildman–Crippen MR) is 85.4 cm³/mol. The number of nitrogens with one attached hydrogen (secondary N) is 1. The van der Waals surface area contributed by atoms with E-state index < -0.39 is 0 Å². The number of benzene rings is 1. The zero-order chi connectivity index (χ0) is 13.1. The number of hydrogen-bond donors (Lipinski definition) is 2. The van der Waals surface area contributed by atoms with Gasteiger partial charge in [-0.3, -0.25) is 0 Å². The van der Waals surface area contributed by atoms with Crippen molar-refractivity contribution in [3.05, 3.63) is 29.3 Å². The van der Waals surface area contributed by atoms with Crippen LogP contribution < -0.4 is 5.32 Å². The Hall–Kier alpha value is -0.320. The van der Waals surface area contributed by atoms with E-state index in [1.54, 1.807) is 0 Å². The number of rotatable bonds is 3. The minimum Gasteiger partial charge on any atom is -0.508 e. The lowest BCUT2D eigenvalue weighted by Crippen LogP contribution is -2.33. The van der Waals surface area contributed by atoms with Crippen LogP contribution in [0.2, 0.25) is 0 Å². The first-order chi connectivity index (χ1) is 9.33. The highest BCUT2D eigenvalue weighted by Gasteiger charge is 2.22. The van der Waals surface area contributed by atoms with Gasteiger partial charge in [-0.1, -0.05) is 6.07 Å². The molecule has 1 saturated heterocycles. The van der Waals surface area contributed by atoms with E-state index >= 15 is 0 Å². The van der Waals surface area contributed by atoms with E-state index in [0.717, 1.165) is 18.2 Å². The molecule has 4 heteroatoms. The summed E-state index contributed by atoms with van der Waals surface area (Å²) < 4.78 is 0. The van der Waals surface area contributed by atoms with Crippen molar-refractivity contribution in [1.29, 1.82) is 0 Å². The summed E-state index contributed by atoms with van der Waals surface area (Å²) in [6.07, 6.45) is 3.55. The molecule has 1 aromatic carbocycles. The van der Waals surface area contributed by atoms with Crippen molar-refractivity contribution in [3.8, 4) is 5.75 Å². The van der Waals surface area contributed by atoms with Gasteiger partial charge in [-0.15, -0.1) is 0 Å². The maximum Gasteiger partial charge on any atom is 0.115 e. The highest BCUT2D eigenvalue weighted by Crippen LogP contribution is 2.32. The molecule has 3 rings (SSSR count). The van der Waals surface area contributed by atoms with Crippen LogP contribution in [0.15, 0.2) is 18.2 Å². The molecular formula is C15H21NOS2. The molecule has 1 fully saturated rings. The van der Waals surface area contributed by atoms with E-state index in [1.807, 2.05) is 12.1 Å². The molecule has 0 saturated carbocycles. The molecule has 2 atom stereocenters. The average Bonchev–Trinajstić information content (AvgIpc) is 2.45.